The Morgan fingerprint density at radius 3 is 2.76 bits per heavy atom. The molecule has 4 rings (SSSR count). The van der Waals surface area contributed by atoms with Crippen LogP contribution >= 0.6 is 0 Å². The third kappa shape index (κ3) is 3.80. The third-order valence-electron chi connectivity index (χ3n) is 5.05. The molecular formula is C19H25N3O3. The van der Waals surface area contributed by atoms with Crippen molar-refractivity contribution in [3.63, 3.8) is 0 Å². The molecule has 2 aliphatic heterocycles. The molecule has 1 amide bonds. The first-order valence-electron chi connectivity index (χ1n) is 9.15. The number of aromatic amines is 1. The highest BCUT2D eigenvalue weighted by molar-refractivity contribution is 5.92. The van der Waals surface area contributed by atoms with Crippen LogP contribution in [0.4, 0.5) is 0 Å². The fourth-order valence-electron chi connectivity index (χ4n) is 3.58. The molecule has 134 valence electrons. The molecule has 6 nitrogen and oxygen atoms in total. The number of H-pyrrole nitrogens is 1. The van der Waals surface area contributed by atoms with E-state index in [9.17, 15) is 4.79 Å². The Morgan fingerprint density at radius 1 is 1.16 bits per heavy atom. The predicted molar refractivity (Wildman–Crippen MR) is 93.2 cm³/mol. The van der Waals surface area contributed by atoms with Gasteiger partial charge in [0.2, 0.25) is 0 Å². The molecule has 0 saturated carbocycles. The standard InChI is InChI=1S/C19H25N3O3/c23-19(16-4-3-8-20-16)22-11-9-21(10-12-22)14-15-6-7-18(25-15)17-5-1-2-13-24-17/h3-4,6-8,17,20H,1-2,5,9-14H2. The van der Waals surface area contributed by atoms with E-state index in [1.165, 1.54) is 6.42 Å². The Bertz CT molecular complexity index is 681. The molecule has 0 spiro atoms. The summed E-state index contributed by atoms with van der Waals surface area (Å²) in [6.07, 6.45) is 5.31. The minimum absolute atomic E-state index is 0.0828. The lowest BCUT2D eigenvalue weighted by atomic mass is 10.1. The predicted octanol–water partition coefficient (Wildman–Crippen LogP) is 2.81. The highest BCUT2D eigenvalue weighted by Crippen LogP contribution is 2.29. The molecule has 1 unspecified atom stereocenters. The molecule has 2 saturated heterocycles. The lowest BCUT2D eigenvalue weighted by molar-refractivity contribution is 0.000648. The Labute approximate surface area is 147 Å². The number of carbonyl (C=O) groups is 1. The molecule has 4 heterocycles. The number of hydrogen-bond acceptors (Lipinski definition) is 4. The first kappa shape index (κ1) is 16.4. The molecule has 0 aliphatic carbocycles. The van der Waals surface area contributed by atoms with Crippen LogP contribution in [0, 0.1) is 0 Å². The number of amides is 1. The van der Waals surface area contributed by atoms with Gasteiger partial charge in [0.15, 0.2) is 0 Å². The van der Waals surface area contributed by atoms with E-state index in [0.717, 1.165) is 63.7 Å². The van der Waals surface area contributed by atoms with Gasteiger partial charge in [0.25, 0.3) is 5.91 Å². The molecule has 6 heteroatoms. The molecular weight excluding hydrogens is 318 g/mol. The number of nitrogens with one attached hydrogen (secondary N) is 1. The van der Waals surface area contributed by atoms with Crippen LogP contribution in [0.3, 0.4) is 0 Å². The SMILES string of the molecule is O=C(c1ccc[nH]1)N1CCN(Cc2ccc(C3CCCCO3)o2)CC1. The largest absolute Gasteiger partial charge is 0.462 e. The Balaban J connectivity index is 1.28. The van der Waals surface area contributed by atoms with Crippen LogP contribution in [0.5, 0.6) is 0 Å². The van der Waals surface area contributed by atoms with Crippen molar-refractivity contribution in [3.8, 4) is 0 Å². The topological polar surface area (TPSA) is 61.7 Å². The average molecular weight is 343 g/mol. The van der Waals surface area contributed by atoms with E-state index in [-0.39, 0.29) is 12.0 Å². The molecule has 2 fully saturated rings. The van der Waals surface area contributed by atoms with Gasteiger partial charge in [-0.1, -0.05) is 0 Å². The van der Waals surface area contributed by atoms with Gasteiger partial charge in [0.1, 0.15) is 23.3 Å². The van der Waals surface area contributed by atoms with E-state index in [2.05, 4.69) is 22.0 Å². The molecule has 0 aromatic carbocycles. The van der Waals surface area contributed by atoms with Crippen LogP contribution in [0.25, 0.3) is 0 Å². The second-order valence-electron chi connectivity index (χ2n) is 6.81. The highest BCUT2D eigenvalue weighted by atomic mass is 16.5. The van der Waals surface area contributed by atoms with E-state index in [1.54, 1.807) is 6.20 Å². The van der Waals surface area contributed by atoms with Crippen molar-refractivity contribution < 1.29 is 13.9 Å². The Kier molecular flexibility index (Phi) is 4.90. The van der Waals surface area contributed by atoms with Gasteiger partial charge in [-0.05, 0) is 43.5 Å². The van der Waals surface area contributed by atoms with Crippen molar-refractivity contribution in [2.24, 2.45) is 0 Å². The van der Waals surface area contributed by atoms with Crippen molar-refractivity contribution in [3.05, 3.63) is 47.7 Å². The number of piperazine rings is 1. The monoisotopic (exact) mass is 343 g/mol. The summed E-state index contributed by atoms with van der Waals surface area (Å²) in [5, 5.41) is 0. The quantitative estimate of drug-likeness (QED) is 0.927. The normalized spacial score (nSPS) is 22.2. The van der Waals surface area contributed by atoms with E-state index in [0.29, 0.717) is 5.69 Å². The summed E-state index contributed by atoms with van der Waals surface area (Å²) in [4.78, 5) is 19.6. The Hall–Kier alpha value is -2.05. The maximum Gasteiger partial charge on any atom is 0.270 e. The van der Waals surface area contributed by atoms with Crippen molar-refractivity contribution in [2.45, 2.75) is 31.9 Å². The van der Waals surface area contributed by atoms with Crippen LogP contribution in [-0.2, 0) is 11.3 Å². The molecule has 2 aromatic rings. The molecule has 25 heavy (non-hydrogen) atoms. The average Bonchev–Trinajstić information content (AvgIpc) is 3.35. The fraction of sp³-hybridized carbons (Fsp3) is 0.526. The lowest BCUT2D eigenvalue weighted by Crippen LogP contribution is -2.48. The summed E-state index contributed by atoms with van der Waals surface area (Å²) in [5.41, 5.74) is 0.664. The summed E-state index contributed by atoms with van der Waals surface area (Å²) < 4.78 is 11.8. The molecule has 2 aliphatic rings. The first-order valence-corrected chi connectivity index (χ1v) is 9.15. The molecule has 0 bridgehead atoms. The van der Waals surface area contributed by atoms with Crippen LogP contribution in [0.1, 0.15) is 47.4 Å². The van der Waals surface area contributed by atoms with E-state index in [4.69, 9.17) is 9.15 Å². The van der Waals surface area contributed by atoms with Crippen LogP contribution < -0.4 is 0 Å². The van der Waals surface area contributed by atoms with Gasteiger partial charge < -0.3 is 19.0 Å². The first-order chi connectivity index (χ1) is 12.3. The second-order valence-corrected chi connectivity index (χ2v) is 6.81. The van der Waals surface area contributed by atoms with Gasteiger partial charge in [-0.25, -0.2) is 0 Å². The zero-order valence-corrected chi connectivity index (χ0v) is 14.4. The summed E-state index contributed by atoms with van der Waals surface area (Å²) in [6.45, 7) is 4.84. The molecule has 2 aromatic heterocycles. The number of carbonyl (C=O) groups excluding carboxylic acids is 1. The van der Waals surface area contributed by atoms with Crippen molar-refractivity contribution in [1.29, 1.82) is 0 Å². The van der Waals surface area contributed by atoms with Crippen molar-refractivity contribution >= 4 is 5.91 Å². The van der Waals surface area contributed by atoms with Gasteiger partial charge in [-0.3, -0.25) is 9.69 Å². The summed E-state index contributed by atoms with van der Waals surface area (Å²) in [7, 11) is 0. The zero-order valence-electron chi connectivity index (χ0n) is 14.4. The minimum Gasteiger partial charge on any atom is -0.462 e. The summed E-state index contributed by atoms with van der Waals surface area (Å²) in [5.74, 6) is 2.02. The van der Waals surface area contributed by atoms with Gasteiger partial charge in [-0.2, -0.15) is 0 Å². The van der Waals surface area contributed by atoms with E-state index >= 15 is 0 Å². The van der Waals surface area contributed by atoms with Crippen LogP contribution in [0.2, 0.25) is 0 Å². The fourth-order valence-corrected chi connectivity index (χ4v) is 3.58. The maximum atomic E-state index is 12.3. The van der Waals surface area contributed by atoms with Gasteiger partial charge in [-0.15, -0.1) is 0 Å². The number of nitrogens with zero attached hydrogens (tertiary/aromatic N) is 2. The number of rotatable bonds is 4. The highest BCUT2D eigenvalue weighted by Gasteiger charge is 2.24. The van der Waals surface area contributed by atoms with Gasteiger partial charge in [0, 0.05) is 39.0 Å². The smallest absolute Gasteiger partial charge is 0.270 e. The van der Waals surface area contributed by atoms with E-state index in [1.807, 2.05) is 17.0 Å². The third-order valence-corrected chi connectivity index (χ3v) is 5.05. The van der Waals surface area contributed by atoms with Crippen molar-refractivity contribution in [2.75, 3.05) is 32.8 Å². The van der Waals surface area contributed by atoms with Crippen LogP contribution in [0.15, 0.2) is 34.9 Å². The molecule has 1 N–H and O–H groups in total. The zero-order chi connectivity index (χ0) is 17.1. The maximum absolute atomic E-state index is 12.3. The van der Waals surface area contributed by atoms with Gasteiger partial charge in [0.05, 0.1) is 6.54 Å². The van der Waals surface area contributed by atoms with Gasteiger partial charge >= 0.3 is 0 Å². The van der Waals surface area contributed by atoms with E-state index < -0.39 is 0 Å². The number of furan rings is 1. The van der Waals surface area contributed by atoms with Crippen LogP contribution in [-0.4, -0.2) is 53.5 Å². The Morgan fingerprint density at radius 2 is 2.04 bits per heavy atom. The minimum atomic E-state index is 0.0828. The van der Waals surface area contributed by atoms with Crippen molar-refractivity contribution in [1.82, 2.24) is 14.8 Å². The lowest BCUT2D eigenvalue weighted by Gasteiger charge is -2.34. The number of ether oxygens (including phenoxy) is 1. The summed E-state index contributed by atoms with van der Waals surface area (Å²) in [6, 6.07) is 7.79. The summed E-state index contributed by atoms with van der Waals surface area (Å²) >= 11 is 0. The molecule has 1 atom stereocenters. The second kappa shape index (κ2) is 7.45. The number of aromatic nitrogens is 1. The molecule has 0 radical (unpaired) electrons. The number of hydrogen-bond donors (Lipinski definition) is 1.